The van der Waals surface area contributed by atoms with Gasteiger partial charge < -0.3 is 4.90 Å². The first-order valence-corrected chi connectivity index (χ1v) is 10.7. The number of para-hydroxylation sites is 2. The van der Waals surface area contributed by atoms with E-state index < -0.39 is 0 Å². The van der Waals surface area contributed by atoms with Gasteiger partial charge in [-0.2, -0.15) is 0 Å². The molecule has 0 amide bonds. The van der Waals surface area contributed by atoms with Crippen molar-refractivity contribution in [2.24, 2.45) is 4.99 Å². The van der Waals surface area contributed by atoms with Crippen LogP contribution in [0.1, 0.15) is 11.1 Å². The molecule has 0 fully saturated rings. The van der Waals surface area contributed by atoms with E-state index in [1.165, 1.54) is 27.5 Å². The van der Waals surface area contributed by atoms with Gasteiger partial charge >= 0.3 is 0 Å². The number of hydrogen-bond donors (Lipinski definition) is 0. The molecule has 32 heavy (non-hydrogen) atoms. The average Bonchev–Trinajstić information content (AvgIpc) is 2.86. The van der Waals surface area contributed by atoms with E-state index in [2.05, 4.69) is 96.5 Å². The monoisotopic (exact) mass is 412 g/mol. The Kier molecular flexibility index (Phi) is 5.04. The Morgan fingerprint density at radius 1 is 0.844 bits per heavy atom. The number of aliphatic imine (C=N–C) groups is 1. The molecule has 1 heterocycles. The van der Waals surface area contributed by atoms with E-state index in [1.54, 1.807) is 6.08 Å². The molecule has 0 atom stereocenters. The van der Waals surface area contributed by atoms with Gasteiger partial charge in [-0.1, -0.05) is 92.0 Å². The van der Waals surface area contributed by atoms with Crippen LogP contribution in [0.25, 0.3) is 27.5 Å². The average molecular weight is 413 g/mol. The molecule has 5 rings (SSSR count). The van der Waals surface area contributed by atoms with Gasteiger partial charge in [0.1, 0.15) is 0 Å². The van der Waals surface area contributed by atoms with Crippen LogP contribution in [0.3, 0.4) is 0 Å². The van der Waals surface area contributed by atoms with Gasteiger partial charge in [-0.15, -0.1) is 0 Å². The minimum atomic E-state index is 0.758. The Morgan fingerprint density at radius 2 is 1.62 bits per heavy atom. The Balaban J connectivity index is 1.81. The van der Waals surface area contributed by atoms with Gasteiger partial charge in [0.15, 0.2) is 0 Å². The molecule has 0 saturated heterocycles. The fourth-order valence-electron chi connectivity index (χ4n) is 4.61. The number of hydrogen-bond acceptors (Lipinski definition) is 2. The third kappa shape index (κ3) is 3.17. The lowest BCUT2D eigenvalue weighted by Crippen LogP contribution is -2.22. The summed E-state index contributed by atoms with van der Waals surface area (Å²) in [5.41, 5.74) is 9.04. The fourth-order valence-corrected chi connectivity index (χ4v) is 4.61. The molecular weight excluding hydrogens is 388 g/mol. The van der Waals surface area contributed by atoms with Crippen LogP contribution in [0.2, 0.25) is 0 Å². The quantitative estimate of drug-likeness (QED) is 0.238. The number of rotatable bonds is 5. The van der Waals surface area contributed by atoms with Crippen LogP contribution in [0.15, 0.2) is 115 Å². The summed E-state index contributed by atoms with van der Waals surface area (Å²) < 4.78 is 0. The second-order valence-corrected chi connectivity index (χ2v) is 7.84. The maximum atomic E-state index is 4.31. The molecule has 1 aliphatic rings. The molecule has 2 nitrogen and oxygen atoms in total. The highest BCUT2D eigenvalue weighted by atomic mass is 15.2. The molecule has 0 bridgehead atoms. The van der Waals surface area contributed by atoms with Gasteiger partial charge in [0.2, 0.25) is 0 Å². The van der Waals surface area contributed by atoms with Gasteiger partial charge in [-0.25, -0.2) is 0 Å². The van der Waals surface area contributed by atoms with Crippen LogP contribution in [-0.2, 0) is 6.54 Å². The molecular formula is C30H24N2. The first-order chi connectivity index (χ1) is 15.7. The van der Waals surface area contributed by atoms with Crippen LogP contribution >= 0.6 is 0 Å². The molecule has 0 aliphatic carbocycles. The van der Waals surface area contributed by atoms with E-state index in [0.29, 0.717) is 0 Å². The van der Waals surface area contributed by atoms with Gasteiger partial charge in [-0.3, -0.25) is 4.99 Å². The summed E-state index contributed by atoms with van der Waals surface area (Å²) in [4.78, 5) is 6.66. The first kappa shape index (κ1) is 19.8. The van der Waals surface area contributed by atoms with E-state index in [-0.39, 0.29) is 0 Å². The summed E-state index contributed by atoms with van der Waals surface area (Å²) >= 11 is 0. The Labute approximate surface area is 189 Å². The van der Waals surface area contributed by atoms with E-state index >= 15 is 0 Å². The minimum Gasteiger partial charge on any atom is -0.335 e. The van der Waals surface area contributed by atoms with Gasteiger partial charge in [0.05, 0.1) is 17.1 Å². The largest absolute Gasteiger partial charge is 0.335 e. The van der Waals surface area contributed by atoms with Crippen LogP contribution in [0.4, 0.5) is 17.1 Å². The molecule has 0 unspecified atom stereocenters. The number of allylic oxidation sites excluding steroid dienone is 4. The van der Waals surface area contributed by atoms with E-state index in [4.69, 9.17) is 0 Å². The highest BCUT2D eigenvalue weighted by Crippen LogP contribution is 2.47. The maximum Gasteiger partial charge on any atom is 0.0859 e. The first-order valence-electron chi connectivity index (χ1n) is 10.7. The highest BCUT2D eigenvalue weighted by Gasteiger charge is 2.26. The Bertz CT molecular complexity index is 1410. The zero-order valence-electron chi connectivity index (χ0n) is 18.0. The zero-order valence-corrected chi connectivity index (χ0v) is 18.0. The minimum absolute atomic E-state index is 0.758. The number of benzene rings is 4. The van der Waals surface area contributed by atoms with Gasteiger partial charge in [0.25, 0.3) is 0 Å². The predicted molar refractivity (Wildman–Crippen MR) is 139 cm³/mol. The summed E-state index contributed by atoms with van der Waals surface area (Å²) in [5, 5.41) is 2.54. The molecule has 0 saturated carbocycles. The van der Waals surface area contributed by atoms with E-state index in [9.17, 15) is 0 Å². The van der Waals surface area contributed by atoms with Gasteiger partial charge in [-0.05, 0) is 58.0 Å². The number of nitrogens with zero attached hydrogens (tertiary/aromatic N) is 2. The summed E-state index contributed by atoms with van der Waals surface area (Å²) in [6, 6.07) is 27.9. The summed E-state index contributed by atoms with van der Waals surface area (Å²) in [5.74, 6) is 0. The van der Waals surface area contributed by atoms with Crippen molar-refractivity contribution in [1.29, 1.82) is 0 Å². The van der Waals surface area contributed by atoms with Crippen LogP contribution < -0.4 is 4.90 Å². The normalized spacial score (nSPS) is 12.8. The van der Waals surface area contributed by atoms with E-state index in [0.717, 1.165) is 34.7 Å². The molecule has 154 valence electrons. The van der Waals surface area contributed by atoms with Crippen molar-refractivity contribution in [3.63, 3.8) is 0 Å². The molecule has 0 N–H and O–H groups in total. The lowest BCUT2D eigenvalue weighted by molar-refractivity contribution is 0.969. The van der Waals surface area contributed by atoms with E-state index in [1.807, 2.05) is 24.3 Å². The van der Waals surface area contributed by atoms with Crippen molar-refractivity contribution in [2.45, 2.75) is 6.54 Å². The maximum absolute atomic E-state index is 4.31. The highest BCUT2D eigenvalue weighted by molar-refractivity contribution is 5.99. The van der Waals surface area contributed by atoms with Crippen molar-refractivity contribution in [3.05, 3.63) is 121 Å². The van der Waals surface area contributed by atoms with Crippen molar-refractivity contribution in [3.8, 4) is 11.1 Å². The molecule has 1 aliphatic heterocycles. The van der Waals surface area contributed by atoms with Crippen LogP contribution in [-0.4, -0.2) is 6.72 Å². The lowest BCUT2D eigenvalue weighted by atomic mass is 9.87. The molecule has 0 radical (unpaired) electrons. The number of anilines is 2. The molecule has 2 heteroatoms. The van der Waals surface area contributed by atoms with Crippen molar-refractivity contribution < 1.29 is 0 Å². The van der Waals surface area contributed by atoms with Crippen molar-refractivity contribution in [2.75, 3.05) is 4.90 Å². The summed E-state index contributed by atoms with van der Waals surface area (Å²) in [6.07, 6.45) is 5.66. The standard InChI is InChI=1S/C30H24N2/c1-4-10-21(5-2)23-16-18-26-25-17-15-22-11-6-7-12-24(22)27(25)20-32(30(26)19-23)29-14-9-8-13-28(29)31-3/h4-19H,1-3,20H2/b21-10+. The second kappa shape index (κ2) is 8.16. The molecule has 0 spiro atoms. The number of fused-ring (bicyclic) bond motifs is 5. The van der Waals surface area contributed by atoms with Gasteiger partial charge in [0, 0.05) is 12.1 Å². The third-order valence-electron chi connectivity index (χ3n) is 6.13. The fraction of sp³-hybridized carbons (Fsp3) is 0.0333. The topological polar surface area (TPSA) is 15.6 Å². The second-order valence-electron chi connectivity index (χ2n) is 7.84. The smallest absolute Gasteiger partial charge is 0.0859 e. The molecule has 0 aromatic heterocycles. The SMILES string of the molecule is C=C/C=C(\C=C)c1ccc2c(c1)N(c1ccccc1N=C)Cc1c-2ccc2ccccc12. The third-order valence-corrected chi connectivity index (χ3v) is 6.13. The lowest BCUT2D eigenvalue weighted by Gasteiger charge is -2.35. The predicted octanol–water partition coefficient (Wildman–Crippen LogP) is 8.25. The van der Waals surface area contributed by atoms with Crippen molar-refractivity contribution in [1.82, 2.24) is 0 Å². The van der Waals surface area contributed by atoms with Crippen LogP contribution in [0.5, 0.6) is 0 Å². The zero-order chi connectivity index (χ0) is 22.1. The Hall–Kier alpha value is -4.17. The van der Waals surface area contributed by atoms with Crippen LogP contribution in [0, 0.1) is 0 Å². The molecule has 4 aromatic carbocycles. The van der Waals surface area contributed by atoms with Crippen molar-refractivity contribution >= 4 is 40.1 Å². The Morgan fingerprint density at radius 3 is 2.44 bits per heavy atom. The molecule has 4 aromatic rings. The summed E-state index contributed by atoms with van der Waals surface area (Å²) in [6.45, 7) is 12.4. The summed E-state index contributed by atoms with van der Waals surface area (Å²) in [7, 11) is 0.